The van der Waals surface area contributed by atoms with E-state index in [9.17, 15) is 18.0 Å². The molecule has 0 radical (unpaired) electrons. The van der Waals surface area contributed by atoms with Crippen molar-refractivity contribution in [1.29, 1.82) is 0 Å². The zero-order valence-corrected chi connectivity index (χ0v) is 17.2. The maximum absolute atomic E-state index is 12.6. The molecule has 0 bridgehead atoms. The summed E-state index contributed by atoms with van der Waals surface area (Å²) in [4.78, 5) is 27.7. The number of aromatic nitrogens is 2. The molecule has 170 valence electrons. The van der Waals surface area contributed by atoms with Gasteiger partial charge in [-0.15, -0.1) is 0 Å². The number of carbonyl (C=O) groups is 2. The van der Waals surface area contributed by atoms with Crippen molar-refractivity contribution in [2.75, 3.05) is 13.7 Å². The molecule has 0 unspecified atom stereocenters. The molecule has 3 aromatic rings. The second-order valence-corrected chi connectivity index (χ2v) is 6.88. The van der Waals surface area contributed by atoms with E-state index in [-0.39, 0.29) is 5.91 Å². The Kier molecular flexibility index (Phi) is 6.56. The zero-order chi connectivity index (χ0) is 23.5. The number of benzene rings is 1. The third-order valence-electron chi connectivity index (χ3n) is 4.73. The van der Waals surface area contributed by atoms with Crippen LogP contribution in [0.25, 0.3) is 11.3 Å². The van der Waals surface area contributed by atoms with Crippen LogP contribution in [0.4, 0.5) is 13.2 Å². The molecular formula is C21H20F3N3O5. The van der Waals surface area contributed by atoms with Crippen LogP contribution in [0.1, 0.15) is 22.1 Å². The fourth-order valence-electron chi connectivity index (χ4n) is 3.13. The van der Waals surface area contributed by atoms with Crippen molar-refractivity contribution in [2.45, 2.75) is 26.2 Å². The van der Waals surface area contributed by atoms with Gasteiger partial charge >= 0.3 is 12.1 Å². The molecule has 0 saturated carbocycles. The molecule has 0 atom stereocenters. The number of carboxylic acids is 1. The summed E-state index contributed by atoms with van der Waals surface area (Å²) in [5.74, 6) is -0.0151. The van der Waals surface area contributed by atoms with E-state index in [0.717, 1.165) is 28.6 Å². The number of carboxylic acid groups (broad SMARTS) is 1. The number of aliphatic carboxylic acids is 1. The Bertz CT molecular complexity index is 1100. The lowest BCUT2D eigenvalue weighted by Crippen LogP contribution is -2.38. The summed E-state index contributed by atoms with van der Waals surface area (Å²) in [5.41, 5.74) is 2.14. The minimum absolute atomic E-state index is 0.0895. The molecular weight excluding hydrogens is 431 g/mol. The molecule has 0 spiro atoms. The first-order chi connectivity index (χ1) is 15.1. The van der Waals surface area contributed by atoms with Gasteiger partial charge in [0.25, 0.3) is 5.91 Å². The van der Waals surface area contributed by atoms with Crippen molar-refractivity contribution in [3.63, 3.8) is 0 Å². The largest absolute Gasteiger partial charge is 0.497 e. The third kappa shape index (κ3) is 5.10. The molecule has 4 rings (SSSR count). The number of fused-ring (bicyclic) bond motifs is 1. The highest BCUT2D eigenvalue weighted by molar-refractivity contribution is 5.91. The molecule has 0 saturated heterocycles. The van der Waals surface area contributed by atoms with Crippen LogP contribution in [0, 0.1) is 6.92 Å². The van der Waals surface area contributed by atoms with E-state index in [1.165, 1.54) is 0 Å². The molecule has 0 aliphatic carbocycles. The molecule has 0 fully saturated rings. The molecule has 1 amide bonds. The van der Waals surface area contributed by atoms with Gasteiger partial charge in [-0.25, -0.2) is 9.78 Å². The van der Waals surface area contributed by atoms with Crippen LogP contribution in [0.3, 0.4) is 0 Å². The number of alkyl halides is 3. The van der Waals surface area contributed by atoms with E-state index >= 15 is 0 Å². The second kappa shape index (κ2) is 9.16. The van der Waals surface area contributed by atoms with Gasteiger partial charge in [0.15, 0.2) is 5.76 Å². The van der Waals surface area contributed by atoms with Crippen molar-refractivity contribution < 1.29 is 37.0 Å². The lowest BCUT2D eigenvalue weighted by Gasteiger charge is -2.28. The van der Waals surface area contributed by atoms with Crippen molar-refractivity contribution in [3.05, 3.63) is 59.9 Å². The number of methoxy groups -OCH3 is 1. The number of amides is 1. The number of ether oxygens (including phenoxy) is 1. The van der Waals surface area contributed by atoms with Gasteiger partial charge in [0.05, 0.1) is 25.5 Å². The average molecular weight is 451 g/mol. The first-order valence-corrected chi connectivity index (χ1v) is 9.45. The van der Waals surface area contributed by atoms with Gasteiger partial charge in [0, 0.05) is 18.7 Å². The van der Waals surface area contributed by atoms with Crippen LogP contribution in [0.2, 0.25) is 0 Å². The highest BCUT2D eigenvalue weighted by atomic mass is 19.4. The summed E-state index contributed by atoms with van der Waals surface area (Å²) in [6.07, 6.45) is -3.22. The van der Waals surface area contributed by atoms with E-state index in [1.54, 1.807) is 24.1 Å². The quantitative estimate of drug-likeness (QED) is 0.652. The van der Waals surface area contributed by atoms with Gasteiger partial charge < -0.3 is 23.7 Å². The van der Waals surface area contributed by atoms with Crippen LogP contribution in [0.15, 0.2) is 47.0 Å². The minimum atomic E-state index is -5.08. The molecule has 32 heavy (non-hydrogen) atoms. The first kappa shape index (κ1) is 22.9. The zero-order valence-electron chi connectivity index (χ0n) is 17.2. The summed E-state index contributed by atoms with van der Waals surface area (Å²) in [6.45, 7) is 3.66. The molecule has 11 heteroatoms. The molecule has 1 aliphatic heterocycles. The fraction of sp³-hybridized carbons (Fsp3) is 0.286. The normalized spacial score (nSPS) is 13.1. The van der Waals surface area contributed by atoms with Gasteiger partial charge in [-0.05, 0) is 43.3 Å². The number of halogens is 3. The van der Waals surface area contributed by atoms with Crippen LogP contribution in [-0.2, 0) is 17.9 Å². The van der Waals surface area contributed by atoms with E-state index in [0.29, 0.717) is 25.4 Å². The predicted octanol–water partition coefficient (Wildman–Crippen LogP) is 3.75. The molecule has 1 aliphatic rings. The summed E-state index contributed by atoms with van der Waals surface area (Å²) in [5, 5.41) is 7.12. The fourth-order valence-corrected chi connectivity index (χ4v) is 3.13. The average Bonchev–Trinajstić information content (AvgIpc) is 3.39. The van der Waals surface area contributed by atoms with Gasteiger partial charge in [-0.3, -0.25) is 4.79 Å². The van der Waals surface area contributed by atoms with E-state index in [4.69, 9.17) is 19.1 Å². The number of imidazole rings is 1. The Morgan fingerprint density at radius 3 is 2.31 bits per heavy atom. The molecule has 3 heterocycles. The van der Waals surface area contributed by atoms with Crippen LogP contribution >= 0.6 is 0 Å². The van der Waals surface area contributed by atoms with Crippen molar-refractivity contribution >= 4 is 11.9 Å². The third-order valence-corrected chi connectivity index (χ3v) is 4.73. The first-order valence-electron chi connectivity index (χ1n) is 9.45. The number of furan rings is 1. The number of aryl methyl sites for hydroxylation is 1. The Labute approximate surface area is 180 Å². The summed E-state index contributed by atoms with van der Waals surface area (Å²) >= 11 is 0. The van der Waals surface area contributed by atoms with E-state index in [1.807, 2.05) is 37.4 Å². The highest BCUT2D eigenvalue weighted by Gasteiger charge is 2.38. The maximum Gasteiger partial charge on any atom is 0.490 e. The Morgan fingerprint density at radius 1 is 1.12 bits per heavy atom. The van der Waals surface area contributed by atoms with Crippen molar-refractivity contribution in [3.8, 4) is 17.0 Å². The summed E-state index contributed by atoms with van der Waals surface area (Å²) in [6, 6.07) is 11.4. The van der Waals surface area contributed by atoms with Crippen LogP contribution in [-0.4, -0.2) is 51.3 Å². The smallest absolute Gasteiger partial charge is 0.490 e. The monoisotopic (exact) mass is 451 g/mol. The minimum Gasteiger partial charge on any atom is -0.497 e. The Hall–Kier alpha value is -3.76. The predicted molar refractivity (Wildman–Crippen MR) is 106 cm³/mol. The summed E-state index contributed by atoms with van der Waals surface area (Å²) < 4.78 is 44.6. The van der Waals surface area contributed by atoms with Gasteiger partial charge in [-0.1, -0.05) is 0 Å². The van der Waals surface area contributed by atoms with E-state index < -0.39 is 12.1 Å². The van der Waals surface area contributed by atoms with Crippen LogP contribution in [0.5, 0.6) is 5.75 Å². The van der Waals surface area contributed by atoms with E-state index in [2.05, 4.69) is 9.55 Å². The SMILES string of the molecule is COc1ccc(-c2cnc3n2CCN(C(=O)c2ccc(C)o2)C3)cc1.O=C(O)C(F)(F)F. The molecule has 2 aromatic heterocycles. The second-order valence-electron chi connectivity index (χ2n) is 6.88. The highest BCUT2D eigenvalue weighted by Crippen LogP contribution is 2.26. The topological polar surface area (TPSA) is 97.8 Å². The Morgan fingerprint density at radius 2 is 1.78 bits per heavy atom. The number of nitrogens with zero attached hydrogens (tertiary/aromatic N) is 3. The Balaban J connectivity index is 0.000000360. The molecule has 1 N–H and O–H groups in total. The standard InChI is InChI=1S/C19H19N3O3.C2HF3O2/c1-13-3-8-17(25-13)19(23)21-9-10-22-16(11-20-18(22)12-21)14-4-6-15(24-2)7-5-14;3-2(4,5)1(6)7/h3-8,11H,9-10,12H2,1-2H3;(H,6,7). The van der Waals surface area contributed by atoms with Crippen LogP contribution < -0.4 is 4.74 Å². The molecule has 8 nitrogen and oxygen atoms in total. The van der Waals surface area contributed by atoms with Gasteiger partial charge in [-0.2, -0.15) is 13.2 Å². The maximum atomic E-state index is 12.6. The number of carbonyl (C=O) groups excluding carboxylic acids is 1. The van der Waals surface area contributed by atoms with Gasteiger partial charge in [0.1, 0.15) is 17.3 Å². The lowest BCUT2D eigenvalue weighted by molar-refractivity contribution is -0.192. The lowest BCUT2D eigenvalue weighted by atomic mass is 10.1. The summed E-state index contributed by atoms with van der Waals surface area (Å²) in [7, 11) is 1.65. The number of hydrogen-bond acceptors (Lipinski definition) is 5. The van der Waals surface area contributed by atoms with Gasteiger partial charge in [0.2, 0.25) is 0 Å². The van der Waals surface area contributed by atoms with Crippen molar-refractivity contribution in [1.82, 2.24) is 14.5 Å². The molecule has 1 aromatic carbocycles. The number of hydrogen-bond donors (Lipinski definition) is 1. The number of rotatable bonds is 3. The van der Waals surface area contributed by atoms with Crippen molar-refractivity contribution in [2.24, 2.45) is 0 Å².